The Balaban J connectivity index is 5.44. The topological polar surface area (TPSA) is 83.5 Å². The molecule has 5 nitrogen and oxygen atoms in total. The first-order valence-electron chi connectivity index (χ1n) is 3.70. The standard InChI is InChI=1S/C5H4F7NO4S/c6-3(7,4(8,9)10)5(11,12)18(16,17)13-1-2(14)15/h13H,1H2,(H,14,15). The van der Waals surface area contributed by atoms with Gasteiger partial charge in [-0.25, -0.2) is 8.42 Å². The average Bonchev–Trinajstić information content (AvgIpc) is 2.12. The largest absolute Gasteiger partial charge is 0.480 e. The number of carboxylic acids is 1. The molecule has 0 rings (SSSR count). The quantitative estimate of drug-likeness (QED) is 0.735. The Bertz CT molecular complexity index is 428. The number of rotatable bonds is 5. The molecule has 0 atom stereocenters. The second-order valence-corrected chi connectivity index (χ2v) is 4.62. The van der Waals surface area contributed by atoms with Crippen LogP contribution >= 0.6 is 0 Å². The summed E-state index contributed by atoms with van der Waals surface area (Å²) in [6.45, 7) is -1.77. The number of sulfonamides is 1. The molecule has 0 aromatic rings. The molecule has 0 heterocycles. The fraction of sp³-hybridized carbons (Fsp3) is 0.800. The third kappa shape index (κ3) is 2.82. The molecule has 0 fully saturated rings. The van der Waals surface area contributed by atoms with Crippen molar-refractivity contribution in [2.24, 2.45) is 0 Å². The van der Waals surface area contributed by atoms with E-state index in [4.69, 9.17) is 5.11 Å². The van der Waals surface area contributed by atoms with Gasteiger partial charge in [0.25, 0.3) is 10.0 Å². The second kappa shape index (κ2) is 4.53. The van der Waals surface area contributed by atoms with E-state index in [9.17, 15) is 43.9 Å². The van der Waals surface area contributed by atoms with Crippen LogP contribution in [0, 0.1) is 0 Å². The molecule has 0 amide bonds. The van der Waals surface area contributed by atoms with Crippen molar-refractivity contribution in [2.45, 2.75) is 17.4 Å². The van der Waals surface area contributed by atoms with Crippen LogP contribution in [0.4, 0.5) is 30.7 Å². The highest BCUT2D eigenvalue weighted by Gasteiger charge is 2.78. The molecule has 0 aromatic carbocycles. The number of nitrogens with one attached hydrogen (secondary N) is 1. The van der Waals surface area contributed by atoms with E-state index >= 15 is 0 Å². The van der Waals surface area contributed by atoms with Gasteiger partial charge in [-0.1, -0.05) is 0 Å². The molecule has 0 saturated carbocycles. The summed E-state index contributed by atoms with van der Waals surface area (Å²) in [5.41, 5.74) is 0. The van der Waals surface area contributed by atoms with Crippen molar-refractivity contribution in [3.8, 4) is 0 Å². The van der Waals surface area contributed by atoms with E-state index in [-0.39, 0.29) is 0 Å². The Labute approximate surface area is 94.6 Å². The normalized spacial score (nSPS) is 14.6. The maximum atomic E-state index is 12.6. The first-order valence-corrected chi connectivity index (χ1v) is 5.18. The molecule has 0 unspecified atom stereocenters. The number of carbonyl (C=O) groups is 1. The summed E-state index contributed by atoms with van der Waals surface area (Å²) in [5.74, 6) is -8.92. The maximum absolute atomic E-state index is 12.6. The summed E-state index contributed by atoms with van der Waals surface area (Å²) in [6.07, 6.45) is -6.82. The summed E-state index contributed by atoms with van der Waals surface area (Å²) in [5, 5.41) is 1.38. The van der Waals surface area contributed by atoms with Crippen LogP contribution in [-0.4, -0.2) is 43.4 Å². The minimum absolute atomic E-state index is 0.420. The number of alkyl halides is 7. The first-order chi connectivity index (χ1) is 7.67. The van der Waals surface area contributed by atoms with Crippen molar-refractivity contribution in [1.82, 2.24) is 4.72 Å². The van der Waals surface area contributed by atoms with Crippen LogP contribution in [0.2, 0.25) is 0 Å². The fourth-order valence-electron chi connectivity index (χ4n) is 0.581. The number of hydrogen-bond acceptors (Lipinski definition) is 3. The van der Waals surface area contributed by atoms with Crippen molar-refractivity contribution in [2.75, 3.05) is 6.54 Å². The summed E-state index contributed by atoms with van der Waals surface area (Å²) in [4.78, 5) is 9.84. The van der Waals surface area contributed by atoms with Crippen molar-refractivity contribution < 1.29 is 49.1 Å². The smallest absolute Gasteiger partial charge is 0.461 e. The molecule has 108 valence electrons. The molecule has 18 heavy (non-hydrogen) atoms. The van der Waals surface area contributed by atoms with E-state index in [0.29, 0.717) is 4.72 Å². The van der Waals surface area contributed by atoms with E-state index < -0.39 is 39.9 Å². The molecule has 0 aliphatic heterocycles. The number of carboxylic acid groups (broad SMARTS) is 1. The Morgan fingerprint density at radius 3 is 1.72 bits per heavy atom. The summed E-state index contributed by atoms with van der Waals surface area (Å²) < 4.78 is 106. The molecule has 0 saturated heterocycles. The number of aliphatic carboxylic acids is 1. The van der Waals surface area contributed by atoms with Crippen LogP contribution in [0.15, 0.2) is 0 Å². The molecule has 2 N–H and O–H groups in total. The van der Waals surface area contributed by atoms with Crippen molar-refractivity contribution in [3.63, 3.8) is 0 Å². The van der Waals surface area contributed by atoms with Gasteiger partial charge in [-0.2, -0.15) is 35.5 Å². The molecule has 0 bridgehead atoms. The van der Waals surface area contributed by atoms with E-state index in [1.165, 1.54) is 0 Å². The third-order valence-electron chi connectivity index (χ3n) is 1.47. The third-order valence-corrected chi connectivity index (χ3v) is 2.93. The van der Waals surface area contributed by atoms with Gasteiger partial charge in [0, 0.05) is 0 Å². The number of halogens is 7. The molecule has 0 aliphatic carbocycles. The SMILES string of the molecule is O=C(O)CNS(=O)(=O)C(F)(F)C(F)(F)C(F)(F)F. The highest BCUT2D eigenvalue weighted by molar-refractivity contribution is 7.90. The van der Waals surface area contributed by atoms with Crippen LogP contribution in [0.3, 0.4) is 0 Å². The predicted octanol–water partition coefficient (Wildman–Crippen LogP) is 0.781. The summed E-state index contributed by atoms with van der Waals surface area (Å²) in [6, 6.07) is 0. The summed E-state index contributed by atoms with van der Waals surface area (Å²) in [7, 11) is -6.53. The van der Waals surface area contributed by atoms with Crippen LogP contribution in [0.25, 0.3) is 0 Å². The van der Waals surface area contributed by atoms with Crippen LogP contribution < -0.4 is 4.72 Å². The van der Waals surface area contributed by atoms with Crippen LogP contribution in [-0.2, 0) is 14.8 Å². The van der Waals surface area contributed by atoms with E-state index in [2.05, 4.69) is 0 Å². The van der Waals surface area contributed by atoms with E-state index in [1.807, 2.05) is 0 Å². The van der Waals surface area contributed by atoms with Gasteiger partial charge in [-0.15, -0.1) is 0 Å². The van der Waals surface area contributed by atoms with Gasteiger partial charge in [-0.05, 0) is 0 Å². The molecule has 0 aromatic heterocycles. The maximum Gasteiger partial charge on any atom is 0.461 e. The van der Waals surface area contributed by atoms with Gasteiger partial charge < -0.3 is 5.11 Å². The lowest BCUT2D eigenvalue weighted by molar-refractivity contribution is -0.332. The second-order valence-electron chi connectivity index (χ2n) is 2.81. The molecular formula is C5H4F7NO4S. The zero-order valence-electron chi connectivity index (χ0n) is 7.93. The molecule has 0 spiro atoms. The monoisotopic (exact) mass is 307 g/mol. The highest BCUT2D eigenvalue weighted by Crippen LogP contribution is 2.48. The molecule has 13 heteroatoms. The van der Waals surface area contributed by atoms with Crippen LogP contribution in [0.1, 0.15) is 0 Å². The lowest BCUT2D eigenvalue weighted by atomic mass is 10.3. The highest BCUT2D eigenvalue weighted by atomic mass is 32.2. The van der Waals surface area contributed by atoms with Crippen molar-refractivity contribution in [3.05, 3.63) is 0 Å². The summed E-state index contributed by atoms with van der Waals surface area (Å²) >= 11 is 0. The first kappa shape index (κ1) is 16.9. The average molecular weight is 307 g/mol. The molecule has 0 radical (unpaired) electrons. The minimum Gasteiger partial charge on any atom is -0.480 e. The van der Waals surface area contributed by atoms with Gasteiger partial charge >= 0.3 is 23.3 Å². The lowest BCUT2D eigenvalue weighted by Gasteiger charge is -2.27. The number of hydrogen-bond donors (Lipinski definition) is 2. The molecule has 0 aliphatic rings. The zero-order chi connectivity index (χ0) is 15.0. The fourth-order valence-corrected chi connectivity index (χ4v) is 1.53. The Morgan fingerprint density at radius 2 is 1.44 bits per heavy atom. The Hall–Kier alpha value is -1.11. The van der Waals surface area contributed by atoms with Gasteiger partial charge in [-0.3, -0.25) is 4.79 Å². The predicted molar refractivity (Wildman–Crippen MR) is 40.5 cm³/mol. The van der Waals surface area contributed by atoms with E-state index in [1.54, 1.807) is 0 Å². The lowest BCUT2D eigenvalue weighted by Crippen LogP contribution is -2.59. The Morgan fingerprint density at radius 1 is 1.06 bits per heavy atom. The zero-order valence-corrected chi connectivity index (χ0v) is 8.75. The minimum atomic E-state index is -6.87. The Kier molecular flexibility index (Phi) is 4.25. The van der Waals surface area contributed by atoms with Crippen LogP contribution in [0.5, 0.6) is 0 Å². The van der Waals surface area contributed by atoms with Gasteiger partial charge in [0.05, 0.1) is 0 Å². The van der Waals surface area contributed by atoms with Crippen molar-refractivity contribution in [1.29, 1.82) is 0 Å². The van der Waals surface area contributed by atoms with Gasteiger partial charge in [0.2, 0.25) is 0 Å². The van der Waals surface area contributed by atoms with E-state index in [0.717, 1.165) is 0 Å². The van der Waals surface area contributed by atoms with Gasteiger partial charge in [0.15, 0.2) is 0 Å². The molecular weight excluding hydrogens is 303 g/mol. The van der Waals surface area contributed by atoms with Gasteiger partial charge in [0.1, 0.15) is 6.54 Å². The van der Waals surface area contributed by atoms with Crippen molar-refractivity contribution >= 4 is 16.0 Å².